The van der Waals surface area contributed by atoms with Crippen molar-refractivity contribution in [2.75, 3.05) is 13.1 Å². The fourth-order valence-corrected chi connectivity index (χ4v) is 1.11. The third-order valence-corrected chi connectivity index (χ3v) is 2.81. The van der Waals surface area contributed by atoms with Crippen LogP contribution in [0.15, 0.2) is 0 Å². The summed E-state index contributed by atoms with van der Waals surface area (Å²) in [6.07, 6.45) is 2.09. The summed E-state index contributed by atoms with van der Waals surface area (Å²) in [6.45, 7) is 14.1. The van der Waals surface area contributed by atoms with E-state index >= 15 is 0 Å². The van der Waals surface area contributed by atoms with Gasteiger partial charge in [-0.25, -0.2) is 0 Å². The molecule has 3 nitrogen and oxygen atoms in total. The van der Waals surface area contributed by atoms with Crippen molar-refractivity contribution in [2.45, 2.75) is 59.9 Å². The molecular formula is C13H32N2O. The number of carbonyl (C=O) groups is 1. The maximum absolute atomic E-state index is 11.5. The number of rotatable bonds is 6. The third kappa shape index (κ3) is 6.83. The molecule has 0 aromatic heterocycles. The van der Waals surface area contributed by atoms with E-state index in [0.717, 1.165) is 25.9 Å². The van der Waals surface area contributed by atoms with Crippen LogP contribution < -0.4 is 10.6 Å². The molecule has 0 aliphatic rings. The Hall–Kier alpha value is -0.570. The van der Waals surface area contributed by atoms with E-state index in [1.165, 1.54) is 0 Å². The summed E-state index contributed by atoms with van der Waals surface area (Å²) in [5.41, 5.74) is -0.0792. The van der Waals surface area contributed by atoms with Crippen molar-refractivity contribution in [3.05, 3.63) is 0 Å². The summed E-state index contributed by atoms with van der Waals surface area (Å²) in [5.74, 6) is 0.127. The van der Waals surface area contributed by atoms with Crippen molar-refractivity contribution >= 4 is 5.91 Å². The summed E-state index contributed by atoms with van der Waals surface area (Å²) >= 11 is 0. The fourth-order valence-electron chi connectivity index (χ4n) is 1.11. The molecule has 0 unspecified atom stereocenters. The van der Waals surface area contributed by atoms with Crippen molar-refractivity contribution in [1.82, 2.24) is 10.6 Å². The van der Waals surface area contributed by atoms with Crippen LogP contribution in [0.1, 0.15) is 57.2 Å². The Labute approximate surface area is 103 Å². The summed E-state index contributed by atoms with van der Waals surface area (Å²) < 4.78 is 0. The van der Waals surface area contributed by atoms with Crippen LogP contribution in [0.4, 0.5) is 0 Å². The first-order valence-electron chi connectivity index (χ1n) is 6.22. The normalized spacial score (nSPS) is 12.6. The van der Waals surface area contributed by atoms with Gasteiger partial charge in [0.25, 0.3) is 0 Å². The largest absolute Gasteiger partial charge is 0.356 e. The lowest BCUT2D eigenvalue weighted by Crippen LogP contribution is -2.41. The lowest BCUT2D eigenvalue weighted by molar-refractivity contribution is -0.128. The first-order valence-corrected chi connectivity index (χ1v) is 6.22. The van der Waals surface area contributed by atoms with Crippen LogP contribution in [0.25, 0.3) is 0 Å². The molecule has 0 atom stereocenters. The smallest absolute Gasteiger partial charge is 0.225 e. The number of hydrogen-bond acceptors (Lipinski definition) is 2. The summed E-state index contributed by atoms with van der Waals surface area (Å²) in [5, 5.41) is 6.42. The van der Waals surface area contributed by atoms with E-state index in [1.54, 1.807) is 0 Å². The molecule has 3 heteroatoms. The van der Waals surface area contributed by atoms with Crippen LogP contribution in [0.5, 0.6) is 0 Å². The number of hydrogen-bond donors (Lipinski definition) is 2. The molecule has 0 fully saturated rings. The zero-order valence-electron chi connectivity index (χ0n) is 11.7. The molecule has 0 aromatic rings. The molecule has 2 N–H and O–H groups in total. The highest BCUT2D eigenvalue weighted by molar-refractivity contribution is 5.81. The van der Waals surface area contributed by atoms with Gasteiger partial charge in [-0.2, -0.15) is 0 Å². The number of nitrogens with one attached hydrogen (secondary N) is 2. The SMILES string of the molecule is CCC(C)(C)NCCCNC(=O)C(C)(C)C.[HH].[HH]. The van der Waals surface area contributed by atoms with Gasteiger partial charge in [-0.05, 0) is 33.2 Å². The van der Waals surface area contributed by atoms with Crippen molar-refractivity contribution in [3.63, 3.8) is 0 Å². The monoisotopic (exact) mass is 232 g/mol. The van der Waals surface area contributed by atoms with Gasteiger partial charge >= 0.3 is 0 Å². The maximum Gasteiger partial charge on any atom is 0.225 e. The third-order valence-electron chi connectivity index (χ3n) is 2.81. The van der Waals surface area contributed by atoms with Crippen LogP contribution >= 0.6 is 0 Å². The Morgan fingerprint density at radius 2 is 1.69 bits per heavy atom. The minimum atomic E-state index is -0.282. The Morgan fingerprint density at radius 3 is 2.12 bits per heavy atom. The molecular weight excluding hydrogens is 200 g/mol. The molecule has 0 aliphatic carbocycles. The molecule has 0 rings (SSSR count). The summed E-state index contributed by atoms with van der Waals surface area (Å²) in [4.78, 5) is 11.5. The Bertz CT molecular complexity index is 226. The quantitative estimate of drug-likeness (QED) is 0.691. The van der Waals surface area contributed by atoms with E-state index in [1.807, 2.05) is 20.8 Å². The number of carbonyl (C=O) groups excluding carboxylic acids is 1. The highest BCUT2D eigenvalue weighted by atomic mass is 16.2. The second kappa shape index (κ2) is 6.24. The highest BCUT2D eigenvalue weighted by Gasteiger charge is 2.20. The van der Waals surface area contributed by atoms with E-state index in [4.69, 9.17) is 0 Å². The molecule has 0 heterocycles. The van der Waals surface area contributed by atoms with Gasteiger partial charge in [-0.15, -0.1) is 0 Å². The van der Waals surface area contributed by atoms with E-state index < -0.39 is 0 Å². The first-order chi connectivity index (χ1) is 7.19. The van der Waals surface area contributed by atoms with Gasteiger partial charge in [-0.1, -0.05) is 27.7 Å². The molecule has 0 aromatic carbocycles. The van der Waals surface area contributed by atoms with Crippen LogP contribution in [-0.4, -0.2) is 24.5 Å². The topological polar surface area (TPSA) is 41.1 Å². The van der Waals surface area contributed by atoms with E-state index in [2.05, 4.69) is 31.4 Å². The minimum absolute atomic E-state index is 0. The zero-order chi connectivity index (χ0) is 12.8. The predicted octanol–water partition coefficient (Wildman–Crippen LogP) is 2.81. The molecule has 16 heavy (non-hydrogen) atoms. The average Bonchev–Trinajstić information content (AvgIpc) is 2.15. The van der Waals surface area contributed by atoms with Crippen LogP contribution in [-0.2, 0) is 4.79 Å². The standard InChI is InChI=1S/C13H28N2O.2H2/c1-7-13(5,6)15-10-8-9-14-11(16)12(2,3)4;;/h15H,7-10H2,1-6H3,(H,14,16);2*1H. The van der Waals surface area contributed by atoms with Crippen LogP contribution in [0.3, 0.4) is 0 Å². The molecule has 0 radical (unpaired) electrons. The Balaban J connectivity index is -0.00000112. The molecule has 0 aliphatic heterocycles. The van der Waals surface area contributed by atoms with Gasteiger partial charge in [0, 0.05) is 20.4 Å². The van der Waals surface area contributed by atoms with Crippen molar-refractivity contribution in [3.8, 4) is 0 Å². The summed E-state index contributed by atoms with van der Waals surface area (Å²) in [6, 6.07) is 0. The molecule has 0 bridgehead atoms. The first kappa shape index (κ1) is 15.4. The van der Waals surface area contributed by atoms with Gasteiger partial charge in [0.1, 0.15) is 0 Å². The maximum atomic E-state index is 11.5. The molecule has 1 amide bonds. The van der Waals surface area contributed by atoms with Crippen molar-refractivity contribution in [2.24, 2.45) is 5.41 Å². The lowest BCUT2D eigenvalue weighted by Gasteiger charge is -2.24. The molecule has 100 valence electrons. The number of amides is 1. The Kier molecular flexibility index (Phi) is 6.01. The summed E-state index contributed by atoms with van der Waals surface area (Å²) in [7, 11) is 0. The van der Waals surface area contributed by atoms with Crippen LogP contribution in [0.2, 0.25) is 0 Å². The zero-order valence-corrected chi connectivity index (χ0v) is 11.7. The molecule has 0 spiro atoms. The van der Waals surface area contributed by atoms with E-state index in [0.29, 0.717) is 0 Å². The van der Waals surface area contributed by atoms with Gasteiger partial charge < -0.3 is 10.6 Å². The Morgan fingerprint density at radius 1 is 1.12 bits per heavy atom. The van der Waals surface area contributed by atoms with E-state index in [9.17, 15) is 4.79 Å². The highest BCUT2D eigenvalue weighted by Crippen LogP contribution is 2.12. The predicted molar refractivity (Wildman–Crippen MR) is 73.7 cm³/mol. The average molecular weight is 232 g/mol. The second-order valence-corrected chi connectivity index (χ2v) is 6.02. The van der Waals surface area contributed by atoms with Crippen molar-refractivity contribution in [1.29, 1.82) is 0 Å². The fraction of sp³-hybridized carbons (Fsp3) is 0.923. The van der Waals surface area contributed by atoms with Crippen molar-refractivity contribution < 1.29 is 7.65 Å². The lowest BCUT2D eigenvalue weighted by atomic mass is 9.96. The van der Waals surface area contributed by atoms with Gasteiger partial charge in [0.2, 0.25) is 5.91 Å². The second-order valence-electron chi connectivity index (χ2n) is 6.02. The van der Waals surface area contributed by atoms with Crippen LogP contribution in [0, 0.1) is 5.41 Å². The van der Waals surface area contributed by atoms with Gasteiger partial charge in [-0.3, -0.25) is 4.79 Å². The van der Waals surface area contributed by atoms with Gasteiger partial charge in [0.05, 0.1) is 0 Å². The minimum Gasteiger partial charge on any atom is -0.356 e. The molecule has 0 saturated carbocycles. The van der Waals surface area contributed by atoms with Gasteiger partial charge in [0.15, 0.2) is 0 Å². The van der Waals surface area contributed by atoms with E-state index in [-0.39, 0.29) is 19.7 Å². The molecule has 0 saturated heterocycles.